The Hall–Kier alpha value is -1.91. The lowest BCUT2D eigenvalue weighted by atomic mass is 10.2. The predicted molar refractivity (Wildman–Crippen MR) is 50.5 cm³/mol. The standard InChI is InChI=1S/C9H10NO4/c1-13-7-4-3-6(10-5-11)8(12)9(7)14-2/h3-4,12H,1-2H3,(H,10,11). The van der Waals surface area contributed by atoms with Gasteiger partial charge in [0.05, 0.1) is 19.9 Å². The van der Waals surface area contributed by atoms with Crippen molar-refractivity contribution in [2.24, 2.45) is 0 Å². The van der Waals surface area contributed by atoms with Crippen molar-refractivity contribution in [2.75, 3.05) is 19.5 Å². The maximum atomic E-state index is 10.1. The number of benzene rings is 1. The number of hydrogen-bond acceptors (Lipinski definition) is 4. The largest absolute Gasteiger partial charge is 0.503 e. The first-order valence-electron chi connectivity index (χ1n) is 3.81. The molecule has 1 rings (SSSR count). The van der Waals surface area contributed by atoms with Crippen LogP contribution in [-0.4, -0.2) is 25.7 Å². The summed E-state index contributed by atoms with van der Waals surface area (Å²) in [5.41, 5.74) is 0.220. The molecule has 0 atom stereocenters. The van der Waals surface area contributed by atoms with Crippen molar-refractivity contribution in [2.45, 2.75) is 0 Å². The number of anilines is 1. The Bertz CT molecular complexity index is 338. The van der Waals surface area contributed by atoms with Crippen molar-refractivity contribution >= 4 is 12.1 Å². The van der Waals surface area contributed by atoms with E-state index in [4.69, 9.17) is 9.47 Å². The van der Waals surface area contributed by atoms with E-state index >= 15 is 0 Å². The van der Waals surface area contributed by atoms with Gasteiger partial charge in [0.1, 0.15) is 0 Å². The highest BCUT2D eigenvalue weighted by Gasteiger charge is 2.13. The van der Waals surface area contributed by atoms with Gasteiger partial charge < -0.3 is 19.9 Å². The third-order valence-corrected chi connectivity index (χ3v) is 1.71. The number of amides is 1. The van der Waals surface area contributed by atoms with Gasteiger partial charge >= 0.3 is 6.41 Å². The third-order valence-electron chi connectivity index (χ3n) is 1.71. The lowest BCUT2D eigenvalue weighted by Crippen LogP contribution is -1.97. The van der Waals surface area contributed by atoms with Gasteiger partial charge in [0.15, 0.2) is 11.5 Å². The molecule has 0 aliphatic heterocycles. The second kappa shape index (κ2) is 4.36. The van der Waals surface area contributed by atoms with Crippen LogP contribution in [0.2, 0.25) is 0 Å². The zero-order valence-electron chi connectivity index (χ0n) is 7.83. The summed E-state index contributed by atoms with van der Waals surface area (Å²) in [6.45, 7) is 0. The van der Waals surface area contributed by atoms with E-state index in [1.165, 1.54) is 26.7 Å². The first-order chi connectivity index (χ1) is 6.74. The molecule has 0 bridgehead atoms. The SMILES string of the molecule is COc1ccc(N[C]=O)c(O)c1OC. The molecule has 75 valence electrons. The number of methoxy groups -OCH3 is 2. The normalized spacial score (nSPS) is 9.29. The number of phenolic OH excluding ortho intramolecular Hbond substituents is 1. The van der Waals surface area contributed by atoms with Crippen LogP contribution in [0, 0.1) is 0 Å². The Morgan fingerprint density at radius 3 is 2.57 bits per heavy atom. The summed E-state index contributed by atoms with van der Waals surface area (Å²) < 4.78 is 9.85. The zero-order chi connectivity index (χ0) is 10.6. The number of rotatable bonds is 4. The van der Waals surface area contributed by atoms with Crippen LogP contribution in [0.1, 0.15) is 0 Å². The molecule has 0 aliphatic rings. The maximum Gasteiger partial charge on any atom is 0.314 e. The molecule has 0 aromatic heterocycles. The molecule has 1 amide bonds. The fraction of sp³-hybridized carbons (Fsp3) is 0.222. The smallest absolute Gasteiger partial charge is 0.314 e. The number of aromatic hydroxyl groups is 1. The monoisotopic (exact) mass is 196 g/mol. The van der Waals surface area contributed by atoms with Crippen molar-refractivity contribution in [3.8, 4) is 17.2 Å². The minimum absolute atomic E-state index is 0.174. The molecule has 0 aliphatic carbocycles. The second-order valence-electron chi connectivity index (χ2n) is 2.42. The van der Waals surface area contributed by atoms with E-state index in [9.17, 15) is 9.90 Å². The molecule has 1 aromatic rings. The van der Waals surface area contributed by atoms with Gasteiger partial charge in [-0.05, 0) is 12.1 Å². The molecule has 5 nitrogen and oxygen atoms in total. The van der Waals surface area contributed by atoms with Crippen LogP contribution < -0.4 is 14.8 Å². The molecule has 1 aromatic carbocycles. The molecule has 2 N–H and O–H groups in total. The number of phenols is 1. The Labute approximate surface area is 81.3 Å². The van der Waals surface area contributed by atoms with Gasteiger partial charge in [0.2, 0.25) is 5.75 Å². The Morgan fingerprint density at radius 1 is 1.36 bits per heavy atom. The summed E-state index contributed by atoms with van der Waals surface area (Å²) in [6, 6.07) is 3.06. The summed E-state index contributed by atoms with van der Waals surface area (Å²) in [6.07, 6.45) is 1.46. The van der Waals surface area contributed by atoms with Crippen LogP contribution in [0.25, 0.3) is 0 Å². The van der Waals surface area contributed by atoms with E-state index in [1.54, 1.807) is 6.07 Å². The molecule has 1 radical (unpaired) electrons. The van der Waals surface area contributed by atoms with Crippen LogP contribution in [0.4, 0.5) is 5.69 Å². The van der Waals surface area contributed by atoms with Crippen molar-refractivity contribution < 1.29 is 19.4 Å². The molecule has 14 heavy (non-hydrogen) atoms. The van der Waals surface area contributed by atoms with Gasteiger partial charge in [-0.3, -0.25) is 4.79 Å². The number of carbonyl (C=O) groups excluding carboxylic acids is 1. The number of nitrogens with one attached hydrogen (secondary N) is 1. The highest BCUT2D eigenvalue weighted by molar-refractivity contribution is 5.79. The van der Waals surface area contributed by atoms with Crippen LogP contribution in [0.15, 0.2) is 12.1 Å². The first-order valence-corrected chi connectivity index (χ1v) is 3.81. The molecule has 5 heteroatoms. The number of ether oxygens (including phenoxy) is 2. The van der Waals surface area contributed by atoms with Crippen LogP contribution in [-0.2, 0) is 4.79 Å². The first kappa shape index (κ1) is 10.2. The molecule has 0 saturated carbocycles. The van der Waals surface area contributed by atoms with Crippen molar-refractivity contribution in [1.82, 2.24) is 0 Å². The minimum Gasteiger partial charge on any atom is -0.503 e. The summed E-state index contributed by atoms with van der Waals surface area (Å²) in [4.78, 5) is 10.1. The van der Waals surface area contributed by atoms with E-state index in [2.05, 4.69) is 5.32 Å². The van der Waals surface area contributed by atoms with E-state index < -0.39 is 0 Å². The fourth-order valence-electron chi connectivity index (χ4n) is 1.07. The van der Waals surface area contributed by atoms with E-state index in [-0.39, 0.29) is 17.2 Å². The molecule has 0 heterocycles. The highest BCUT2D eigenvalue weighted by atomic mass is 16.5. The quantitative estimate of drug-likeness (QED) is 0.554. The molecule has 0 fully saturated rings. The molecule has 0 spiro atoms. The summed E-state index contributed by atoms with van der Waals surface area (Å²) in [5, 5.41) is 11.8. The molecular weight excluding hydrogens is 186 g/mol. The molecular formula is C9H10NO4. The summed E-state index contributed by atoms with van der Waals surface area (Å²) in [5.74, 6) is 0.379. The Balaban J connectivity index is 3.19. The highest BCUT2D eigenvalue weighted by Crippen LogP contribution is 2.41. The van der Waals surface area contributed by atoms with Gasteiger partial charge in [-0.25, -0.2) is 0 Å². The number of hydrogen-bond donors (Lipinski definition) is 2. The van der Waals surface area contributed by atoms with Gasteiger partial charge in [0.25, 0.3) is 0 Å². The van der Waals surface area contributed by atoms with Crippen molar-refractivity contribution in [1.29, 1.82) is 0 Å². The predicted octanol–water partition coefficient (Wildman–Crippen LogP) is 0.888. The Morgan fingerprint density at radius 2 is 2.07 bits per heavy atom. The molecule has 0 saturated heterocycles. The lowest BCUT2D eigenvalue weighted by Gasteiger charge is -2.11. The van der Waals surface area contributed by atoms with Crippen LogP contribution in [0.5, 0.6) is 17.2 Å². The van der Waals surface area contributed by atoms with Gasteiger partial charge in [-0.2, -0.15) is 0 Å². The van der Waals surface area contributed by atoms with E-state index in [0.29, 0.717) is 5.75 Å². The summed E-state index contributed by atoms with van der Waals surface area (Å²) >= 11 is 0. The molecule has 0 unspecified atom stereocenters. The average molecular weight is 196 g/mol. The average Bonchev–Trinajstić information content (AvgIpc) is 2.21. The van der Waals surface area contributed by atoms with Crippen LogP contribution in [0.3, 0.4) is 0 Å². The van der Waals surface area contributed by atoms with Gasteiger partial charge in [-0.1, -0.05) is 0 Å². The maximum absolute atomic E-state index is 10.1. The van der Waals surface area contributed by atoms with Crippen LogP contribution >= 0.6 is 0 Å². The van der Waals surface area contributed by atoms with E-state index in [1.807, 2.05) is 0 Å². The van der Waals surface area contributed by atoms with Gasteiger partial charge in [-0.15, -0.1) is 0 Å². The van der Waals surface area contributed by atoms with Crippen molar-refractivity contribution in [3.05, 3.63) is 12.1 Å². The Kier molecular flexibility index (Phi) is 3.17. The minimum atomic E-state index is -0.185. The topological polar surface area (TPSA) is 67.8 Å². The summed E-state index contributed by atoms with van der Waals surface area (Å²) in [7, 11) is 2.85. The fourth-order valence-corrected chi connectivity index (χ4v) is 1.07. The van der Waals surface area contributed by atoms with Crippen molar-refractivity contribution in [3.63, 3.8) is 0 Å². The third kappa shape index (κ3) is 1.71. The lowest BCUT2D eigenvalue weighted by molar-refractivity contribution is 0.334. The van der Waals surface area contributed by atoms with E-state index in [0.717, 1.165) is 0 Å². The second-order valence-corrected chi connectivity index (χ2v) is 2.42. The van der Waals surface area contributed by atoms with Gasteiger partial charge in [0, 0.05) is 0 Å². The zero-order valence-corrected chi connectivity index (χ0v) is 7.83.